The zero-order valence-corrected chi connectivity index (χ0v) is 12.8. The number of hydrogen-bond donors (Lipinski definition) is 1. The Hall–Kier alpha value is -1.76. The van der Waals surface area contributed by atoms with Gasteiger partial charge in [0.2, 0.25) is 0 Å². The Morgan fingerprint density at radius 3 is 2.59 bits per heavy atom. The van der Waals surface area contributed by atoms with Crippen LogP contribution in [0.1, 0.15) is 32.4 Å². The first-order valence-electron chi connectivity index (χ1n) is 7.04. The van der Waals surface area contributed by atoms with E-state index in [2.05, 4.69) is 5.32 Å². The van der Waals surface area contributed by atoms with Gasteiger partial charge in [0.25, 0.3) is 0 Å². The lowest BCUT2D eigenvalue weighted by atomic mass is 10.0. The van der Waals surface area contributed by atoms with E-state index in [4.69, 9.17) is 4.74 Å². The van der Waals surface area contributed by atoms with Gasteiger partial charge < -0.3 is 15.0 Å². The van der Waals surface area contributed by atoms with Crippen LogP contribution in [0.2, 0.25) is 0 Å². The molecule has 0 bridgehead atoms. The van der Waals surface area contributed by atoms with Gasteiger partial charge in [-0.15, -0.1) is 0 Å². The maximum atomic E-state index is 13.9. The molecule has 122 valence electrons. The lowest BCUT2D eigenvalue weighted by Crippen LogP contribution is -2.49. The molecule has 0 radical (unpaired) electrons. The van der Waals surface area contributed by atoms with Gasteiger partial charge in [0.1, 0.15) is 5.60 Å². The lowest BCUT2D eigenvalue weighted by molar-refractivity contribution is 0.0193. The molecule has 1 unspecified atom stereocenters. The second-order valence-electron chi connectivity index (χ2n) is 6.20. The maximum absolute atomic E-state index is 13.9. The number of hydrogen-bond acceptors (Lipinski definition) is 3. The van der Waals surface area contributed by atoms with Crippen LogP contribution >= 0.6 is 0 Å². The fraction of sp³-hybridized carbons (Fsp3) is 0.533. The van der Waals surface area contributed by atoms with E-state index in [-0.39, 0.29) is 12.1 Å². The molecular weight excluding hydrogens is 297 g/mol. The highest BCUT2D eigenvalue weighted by Gasteiger charge is 2.30. The standard InChI is InChI=1S/C15H19F3N2O2/c1-15(2,3)22-14(21)20-7-6-19-11(8-20)9-4-5-10(16)13(18)12(9)17/h4-5,11,19H,6-8H2,1-3H3. The summed E-state index contributed by atoms with van der Waals surface area (Å²) in [5.41, 5.74) is -0.641. The molecule has 1 saturated heterocycles. The molecule has 1 aliphatic rings. The van der Waals surface area contributed by atoms with E-state index >= 15 is 0 Å². The minimum atomic E-state index is -1.51. The van der Waals surface area contributed by atoms with Gasteiger partial charge >= 0.3 is 6.09 Å². The summed E-state index contributed by atoms with van der Waals surface area (Å²) in [6.45, 7) is 6.18. The predicted octanol–water partition coefficient (Wildman–Crippen LogP) is 2.99. The lowest BCUT2D eigenvalue weighted by Gasteiger charge is -2.35. The molecule has 1 aromatic rings. The molecule has 0 aromatic heterocycles. The number of piperazine rings is 1. The smallest absolute Gasteiger partial charge is 0.410 e. The zero-order chi connectivity index (χ0) is 16.5. The van der Waals surface area contributed by atoms with Crippen molar-refractivity contribution < 1.29 is 22.7 Å². The summed E-state index contributed by atoms with van der Waals surface area (Å²) in [6.07, 6.45) is -0.512. The van der Waals surface area contributed by atoms with Crippen molar-refractivity contribution in [2.24, 2.45) is 0 Å². The number of halogens is 3. The Kier molecular flexibility index (Phi) is 4.65. The van der Waals surface area contributed by atoms with Gasteiger partial charge in [-0.25, -0.2) is 18.0 Å². The number of rotatable bonds is 1. The SMILES string of the molecule is CC(C)(C)OC(=O)N1CCNC(c2ccc(F)c(F)c2F)C1. The summed E-state index contributed by atoms with van der Waals surface area (Å²) in [4.78, 5) is 13.5. The monoisotopic (exact) mass is 316 g/mol. The van der Waals surface area contributed by atoms with E-state index in [1.807, 2.05) is 0 Å². The summed E-state index contributed by atoms with van der Waals surface area (Å²) < 4.78 is 45.5. The molecule has 1 heterocycles. The van der Waals surface area contributed by atoms with Crippen LogP contribution in [0, 0.1) is 17.5 Å². The van der Waals surface area contributed by atoms with E-state index < -0.39 is 35.2 Å². The van der Waals surface area contributed by atoms with Gasteiger partial charge in [-0.2, -0.15) is 0 Å². The van der Waals surface area contributed by atoms with Gasteiger partial charge in [-0.1, -0.05) is 6.07 Å². The molecule has 4 nitrogen and oxygen atoms in total. The van der Waals surface area contributed by atoms with Crippen molar-refractivity contribution in [3.63, 3.8) is 0 Å². The molecule has 0 aliphatic carbocycles. The molecule has 2 rings (SSSR count). The third kappa shape index (κ3) is 3.71. The first-order valence-corrected chi connectivity index (χ1v) is 7.04. The highest BCUT2D eigenvalue weighted by molar-refractivity contribution is 5.68. The molecule has 1 fully saturated rings. The summed E-state index contributed by atoms with van der Waals surface area (Å²) >= 11 is 0. The third-order valence-corrected chi connectivity index (χ3v) is 3.27. The molecule has 1 N–H and O–H groups in total. The van der Waals surface area contributed by atoms with Gasteiger partial charge in [0.15, 0.2) is 17.5 Å². The van der Waals surface area contributed by atoms with Crippen LogP contribution in [0.15, 0.2) is 12.1 Å². The number of carbonyl (C=O) groups excluding carboxylic acids is 1. The van der Waals surface area contributed by atoms with E-state index in [0.29, 0.717) is 13.1 Å². The van der Waals surface area contributed by atoms with Crippen LogP contribution in [-0.2, 0) is 4.74 Å². The summed E-state index contributed by atoms with van der Waals surface area (Å²) in [7, 11) is 0. The van der Waals surface area contributed by atoms with Crippen molar-refractivity contribution in [2.45, 2.75) is 32.4 Å². The van der Waals surface area contributed by atoms with Gasteiger partial charge in [-0.3, -0.25) is 0 Å². The second kappa shape index (κ2) is 6.16. The Morgan fingerprint density at radius 1 is 1.27 bits per heavy atom. The zero-order valence-electron chi connectivity index (χ0n) is 12.8. The molecule has 1 atom stereocenters. The summed E-state index contributed by atoms with van der Waals surface area (Å²) in [6, 6.07) is 1.45. The quantitative estimate of drug-likeness (QED) is 0.810. The molecule has 1 aliphatic heterocycles. The van der Waals surface area contributed by atoms with Crippen molar-refractivity contribution in [2.75, 3.05) is 19.6 Å². The average molecular weight is 316 g/mol. The van der Waals surface area contributed by atoms with Crippen molar-refractivity contribution in [3.05, 3.63) is 35.1 Å². The molecule has 1 aromatic carbocycles. The normalized spacial score (nSPS) is 19.2. The van der Waals surface area contributed by atoms with E-state index in [0.717, 1.165) is 6.07 Å². The maximum Gasteiger partial charge on any atom is 0.410 e. The van der Waals surface area contributed by atoms with Crippen LogP contribution in [0.25, 0.3) is 0 Å². The molecule has 1 amide bonds. The minimum Gasteiger partial charge on any atom is -0.444 e. The van der Waals surface area contributed by atoms with Crippen LogP contribution in [0.4, 0.5) is 18.0 Å². The highest BCUT2D eigenvalue weighted by atomic mass is 19.2. The molecular formula is C15H19F3N2O2. The van der Waals surface area contributed by atoms with Crippen LogP contribution in [-0.4, -0.2) is 36.2 Å². The van der Waals surface area contributed by atoms with Crippen molar-refractivity contribution >= 4 is 6.09 Å². The molecule has 0 spiro atoms. The number of ether oxygens (including phenoxy) is 1. The molecule has 0 saturated carbocycles. The van der Waals surface area contributed by atoms with E-state index in [9.17, 15) is 18.0 Å². The fourth-order valence-corrected chi connectivity index (χ4v) is 2.26. The predicted molar refractivity (Wildman–Crippen MR) is 74.9 cm³/mol. The first kappa shape index (κ1) is 16.6. The largest absolute Gasteiger partial charge is 0.444 e. The number of nitrogens with one attached hydrogen (secondary N) is 1. The summed E-state index contributed by atoms with van der Waals surface area (Å²) in [5, 5.41) is 2.99. The van der Waals surface area contributed by atoms with E-state index in [1.54, 1.807) is 20.8 Å². The average Bonchev–Trinajstić information content (AvgIpc) is 2.43. The first-order chi connectivity index (χ1) is 10.2. The summed E-state index contributed by atoms with van der Waals surface area (Å²) in [5.74, 6) is -3.97. The third-order valence-electron chi connectivity index (χ3n) is 3.27. The minimum absolute atomic E-state index is 0.00726. The highest BCUT2D eigenvalue weighted by Crippen LogP contribution is 2.24. The van der Waals surface area contributed by atoms with Crippen LogP contribution in [0.3, 0.4) is 0 Å². The number of nitrogens with zero attached hydrogens (tertiary/aromatic N) is 1. The Labute approximate surface area is 127 Å². The Balaban J connectivity index is 2.14. The Morgan fingerprint density at radius 2 is 1.95 bits per heavy atom. The molecule has 22 heavy (non-hydrogen) atoms. The number of benzene rings is 1. The fourth-order valence-electron chi connectivity index (χ4n) is 2.26. The van der Waals surface area contributed by atoms with Crippen molar-refractivity contribution in [1.29, 1.82) is 0 Å². The topological polar surface area (TPSA) is 41.6 Å². The van der Waals surface area contributed by atoms with Gasteiger partial charge in [0.05, 0.1) is 6.04 Å². The second-order valence-corrected chi connectivity index (χ2v) is 6.20. The van der Waals surface area contributed by atoms with E-state index in [1.165, 1.54) is 11.0 Å². The Bertz CT molecular complexity index is 573. The van der Waals surface area contributed by atoms with Crippen LogP contribution in [0.5, 0.6) is 0 Å². The van der Waals surface area contributed by atoms with Crippen molar-refractivity contribution in [3.8, 4) is 0 Å². The van der Waals surface area contributed by atoms with Gasteiger partial charge in [0, 0.05) is 25.2 Å². The van der Waals surface area contributed by atoms with Crippen LogP contribution < -0.4 is 5.32 Å². The van der Waals surface area contributed by atoms with Gasteiger partial charge in [-0.05, 0) is 26.8 Å². The number of amides is 1. The van der Waals surface area contributed by atoms with Crippen molar-refractivity contribution in [1.82, 2.24) is 10.2 Å². The molecule has 7 heteroatoms. The number of carbonyl (C=O) groups is 1.